The molecule has 0 aromatic heterocycles. The van der Waals surface area contributed by atoms with E-state index >= 15 is 0 Å². The highest BCUT2D eigenvalue weighted by Gasteiger charge is 2.33. The topological polar surface area (TPSA) is 38.3 Å². The highest BCUT2D eigenvalue weighted by atomic mass is 19.4. The van der Waals surface area contributed by atoms with Gasteiger partial charge in [0, 0.05) is 5.56 Å². The van der Waals surface area contributed by atoms with Crippen LogP contribution in [-0.2, 0) is 12.8 Å². The van der Waals surface area contributed by atoms with Crippen LogP contribution in [0.4, 0.5) is 18.9 Å². The van der Waals surface area contributed by atoms with Crippen molar-refractivity contribution >= 4 is 11.6 Å². The Morgan fingerprint density at radius 3 is 2.15 bits per heavy atom. The lowest BCUT2D eigenvalue weighted by molar-refractivity contribution is -0.136. The zero-order valence-corrected chi connectivity index (χ0v) is 14.2. The average Bonchev–Trinajstić information content (AvgIpc) is 2.67. The highest BCUT2D eigenvalue weighted by Crippen LogP contribution is 2.34. The number of para-hydroxylation sites is 2. The van der Waals surface area contributed by atoms with Crippen molar-refractivity contribution in [2.75, 3.05) is 5.32 Å². The first kappa shape index (κ1) is 18.5. The summed E-state index contributed by atoms with van der Waals surface area (Å²) in [4.78, 5) is 12.3. The Bertz CT molecular complexity index is 907. The van der Waals surface area contributed by atoms with Crippen molar-refractivity contribution in [2.45, 2.75) is 12.8 Å². The molecule has 0 aliphatic carbocycles. The molecule has 3 aromatic carbocycles. The Kier molecular flexibility index (Phi) is 5.45. The van der Waals surface area contributed by atoms with Gasteiger partial charge in [-0.1, -0.05) is 42.5 Å². The lowest BCUT2D eigenvalue weighted by Crippen LogP contribution is -2.16. The summed E-state index contributed by atoms with van der Waals surface area (Å²) in [5, 5.41) is 2.32. The fourth-order valence-electron chi connectivity index (χ4n) is 2.47. The van der Waals surface area contributed by atoms with Gasteiger partial charge in [0.05, 0.1) is 11.3 Å². The zero-order valence-electron chi connectivity index (χ0n) is 14.2. The monoisotopic (exact) mass is 371 g/mol. The van der Waals surface area contributed by atoms with E-state index in [2.05, 4.69) is 5.32 Å². The summed E-state index contributed by atoms with van der Waals surface area (Å²) in [6, 6.07) is 20.7. The molecule has 0 unspecified atom stereocenters. The third kappa shape index (κ3) is 4.88. The predicted molar refractivity (Wildman–Crippen MR) is 96.6 cm³/mol. The summed E-state index contributed by atoms with van der Waals surface area (Å²) < 4.78 is 44.7. The average molecular weight is 371 g/mol. The standard InChI is InChI=1S/C21H16F3NO2/c22-21(23,24)18-8-4-5-9-19(18)25-20(26)16-12-10-15(11-13-16)14-27-17-6-2-1-3-7-17/h1-13H,14H2,(H,25,26). The van der Waals surface area contributed by atoms with Gasteiger partial charge >= 0.3 is 6.18 Å². The largest absolute Gasteiger partial charge is 0.489 e. The summed E-state index contributed by atoms with van der Waals surface area (Å²) in [7, 11) is 0. The van der Waals surface area contributed by atoms with Crippen LogP contribution in [0.5, 0.6) is 5.75 Å². The molecule has 0 atom stereocenters. The summed E-state index contributed by atoms with van der Waals surface area (Å²) >= 11 is 0. The van der Waals surface area contributed by atoms with Crippen molar-refractivity contribution in [3.8, 4) is 5.75 Å². The van der Waals surface area contributed by atoms with E-state index in [9.17, 15) is 18.0 Å². The first-order chi connectivity index (χ1) is 12.9. The number of carbonyl (C=O) groups excluding carboxylic acids is 1. The molecule has 0 bridgehead atoms. The smallest absolute Gasteiger partial charge is 0.418 e. The molecule has 3 rings (SSSR count). The van der Waals surface area contributed by atoms with Gasteiger partial charge in [-0.3, -0.25) is 4.79 Å². The number of benzene rings is 3. The molecule has 0 heterocycles. The number of halogens is 3. The van der Waals surface area contributed by atoms with Crippen molar-refractivity contribution in [3.05, 3.63) is 95.6 Å². The van der Waals surface area contributed by atoms with Crippen molar-refractivity contribution in [1.82, 2.24) is 0 Å². The second-order valence-corrected chi connectivity index (χ2v) is 5.80. The highest BCUT2D eigenvalue weighted by molar-refractivity contribution is 6.04. The summed E-state index contributed by atoms with van der Waals surface area (Å²) in [6.45, 7) is 0.322. The van der Waals surface area contributed by atoms with Gasteiger partial charge in [-0.05, 0) is 42.0 Å². The number of rotatable bonds is 5. The summed E-state index contributed by atoms with van der Waals surface area (Å²) in [5.74, 6) is 0.116. The fourth-order valence-corrected chi connectivity index (χ4v) is 2.47. The van der Waals surface area contributed by atoms with Gasteiger partial charge < -0.3 is 10.1 Å². The van der Waals surface area contributed by atoms with Crippen molar-refractivity contribution in [2.24, 2.45) is 0 Å². The Labute approximate surface area is 154 Å². The van der Waals surface area contributed by atoms with Gasteiger partial charge in [0.25, 0.3) is 5.91 Å². The molecule has 3 aromatic rings. The van der Waals surface area contributed by atoms with Crippen LogP contribution in [0.2, 0.25) is 0 Å². The lowest BCUT2D eigenvalue weighted by Gasteiger charge is -2.13. The van der Waals surface area contributed by atoms with Gasteiger partial charge in [0.1, 0.15) is 12.4 Å². The number of nitrogens with one attached hydrogen (secondary N) is 1. The Morgan fingerprint density at radius 1 is 0.852 bits per heavy atom. The van der Waals surface area contributed by atoms with Crippen LogP contribution in [0.3, 0.4) is 0 Å². The number of alkyl halides is 3. The number of amides is 1. The van der Waals surface area contributed by atoms with E-state index in [-0.39, 0.29) is 11.3 Å². The van der Waals surface area contributed by atoms with Gasteiger partial charge in [-0.15, -0.1) is 0 Å². The van der Waals surface area contributed by atoms with Crippen LogP contribution in [0.1, 0.15) is 21.5 Å². The molecule has 1 N–H and O–H groups in total. The zero-order chi connectivity index (χ0) is 19.3. The molecule has 0 saturated carbocycles. The van der Waals surface area contributed by atoms with Crippen LogP contribution < -0.4 is 10.1 Å². The van der Waals surface area contributed by atoms with E-state index in [0.29, 0.717) is 6.61 Å². The third-order valence-electron chi connectivity index (χ3n) is 3.85. The molecule has 0 spiro atoms. The molecule has 0 radical (unpaired) electrons. The van der Waals surface area contributed by atoms with E-state index in [4.69, 9.17) is 4.74 Å². The van der Waals surface area contributed by atoms with Crippen LogP contribution in [0.15, 0.2) is 78.9 Å². The SMILES string of the molecule is O=C(Nc1ccccc1C(F)(F)F)c1ccc(COc2ccccc2)cc1. The van der Waals surface area contributed by atoms with Crippen LogP contribution in [0, 0.1) is 0 Å². The number of hydrogen-bond donors (Lipinski definition) is 1. The van der Waals surface area contributed by atoms with E-state index in [1.807, 2.05) is 30.3 Å². The quantitative estimate of drug-likeness (QED) is 0.640. The van der Waals surface area contributed by atoms with Crippen LogP contribution in [-0.4, -0.2) is 5.91 Å². The Balaban J connectivity index is 1.66. The maximum Gasteiger partial charge on any atom is 0.418 e. The molecule has 0 fully saturated rings. The summed E-state index contributed by atoms with van der Waals surface area (Å²) in [6.07, 6.45) is -4.54. The van der Waals surface area contributed by atoms with E-state index in [0.717, 1.165) is 17.4 Å². The number of ether oxygens (including phenoxy) is 1. The minimum absolute atomic E-state index is 0.260. The molecule has 6 heteroatoms. The first-order valence-corrected chi connectivity index (χ1v) is 8.18. The van der Waals surface area contributed by atoms with E-state index in [1.165, 1.54) is 18.2 Å². The second-order valence-electron chi connectivity index (χ2n) is 5.80. The van der Waals surface area contributed by atoms with E-state index in [1.54, 1.807) is 24.3 Å². The van der Waals surface area contributed by atoms with Gasteiger partial charge in [-0.25, -0.2) is 0 Å². The fraction of sp³-hybridized carbons (Fsp3) is 0.0952. The summed E-state index contributed by atoms with van der Waals surface area (Å²) in [5.41, 5.74) is -0.0562. The van der Waals surface area contributed by atoms with Crippen LogP contribution in [0.25, 0.3) is 0 Å². The normalized spacial score (nSPS) is 11.1. The van der Waals surface area contributed by atoms with Crippen molar-refractivity contribution in [1.29, 1.82) is 0 Å². The minimum atomic E-state index is -4.54. The van der Waals surface area contributed by atoms with Crippen LogP contribution >= 0.6 is 0 Å². The maximum absolute atomic E-state index is 13.0. The van der Waals surface area contributed by atoms with Crippen molar-refractivity contribution in [3.63, 3.8) is 0 Å². The second kappa shape index (κ2) is 7.95. The molecule has 1 amide bonds. The molecular formula is C21H16F3NO2. The first-order valence-electron chi connectivity index (χ1n) is 8.18. The number of anilines is 1. The number of carbonyl (C=O) groups is 1. The molecular weight excluding hydrogens is 355 g/mol. The molecule has 0 aliphatic rings. The Morgan fingerprint density at radius 2 is 1.48 bits per heavy atom. The number of hydrogen-bond acceptors (Lipinski definition) is 2. The molecule has 138 valence electrons. The van der Waals surface area contributed by atoms with Gasteiger partial charge in [0.15, 0.2) is 0 Å². The third-order valence-corrected chi connectivity index (χ3v) is 3.85. The maximum atomic E-state index is 13.0. The molecule has 27 heavy (non-hydrogen) atoms. The molecule has 3 nitrogen and oxygen atoms in total. The predicted octanol–water partition coefficient (Wildman–Crippen LogP) is 5.54. The van der Waals surface area contributed by atoms with Gasteiger partial charge in [0.2, 0.25) is 0 Å². The lowest BCUT2D eigenvalue weighted by atomic mass is 10.1. The van der Waals surface area contributed by atoms with E-state index < -0.39 is 17.6 Å². The van der Waals surface area contributed by atoms with Crippen molar-refractivity contribution < 1.29 is 22.7 Å². The molecule has 0 saturated heterocycles. The molecule has 0 aliphatic heterocycles. The minimum Gasteiger partial charge on any atom is -0.489 e. The van der Waals surface area contributed by atoms with Gasteiger partial charge in [-0.2, -0.15) is 13.2 Å². The Hall–Kier alpha value is -3.28.